The smallest absolute Gasteiger partial charge is 0.119 e. The largest absolute Gasteiger partial charge is 0.491 e. The van der Waals surface area contributed by atoms with Crippen molar-refractivity contribution < 1.29 is 14.8 Å². The van der Waals surface area contributed by atoms with E-state index in [2.05, 4.69) is 88.5 Å². The molecule has 3 nitrogen and oxygen atoms in total. The van der Waals surface area contributed by atoms with E-state index < -0.39 is 0 Å². The summed E-state index contributed by atoms with van der Waals surface area (Å²) in [6, 6.07) is 17.8. The molecule has 0 aliphatic carbocycles. The summed E-state index contributed by atoms with van der Waals surface area (Å²) in [5.74, 6) is 1.51. The molecule has 0 radical (unpaired) electrons. The zero-order valence-corrected chi connectivity index (χ0v) is 19.5. The van der Waals surface area contributed by atoms with Crippen molar-refractivity contribution in [1.82, 2.24) is 0 Å². The fourth-order valence-electron chi connectivity index (χ4n) is 4.54. The van der Waals surface area contributed by atoms with Gasteiger partial charge in [-0.3, -0.25) is 0 Å². The summed E-state index contributed by atoms with van der Waals surface area (Å²) < 4.78 is 11.9. The summed E-state index contributed by atoms with van der Waals surface area (Å²) in [6.07, 6.45) is 4.01. The van der Waals surface area contributed by atoms with Crippen LogP contribution < -0.4 is 10.1 Å². The van der Waals surface area contributed by atoms with Crippen molar-refractivity contribution in [2.45, 2.75) is 78.0 Å². The SMILES string of the molecule is Cc1ccc([C@]2(CC[NH2+]Cc3ccc(OC(C)C)cc3)CCO[C@@H](C(C)C)C2)cc1. The van der Waals surface area contributed by atoms with Crippen molar-refractivity contribution in [3.8, 4) is 5.75 Å². The summed E-state index contributed by atoms with van der Waals surface area (Å²) in [7, 11) is 0. The highest BCUT2D eigenvalue weighted by Gasteiger charge is 2.39. The number of aryl methyl sites for hydroxylation is 1. The van der Waals surface area contributed by atoms with Crippen LogP contribution in [0.3, 0.4) is 0 Å². The molecule has 30 heavy (non-hydrogen) atoms. The Morgan fingerprint density at radius 3 is 2.37 bits per heavy atom. The molecule has 2 aromatic rings. The molecular weight excluding hydrogens is 370 g/mol. The normalized spacial score (nSPS) is 21.9. The van der Waals surface area contributed by atoms with Gasteiger partial charge in [-0.25, -0.2) is 0 Å². The minimum Gasteiger partial charge on any atom is -0.491 e. The first-order valence-electron chi connectivity index (χ1n) is 11.6. The van der Waals surface area contributed by atoms with Crippen molar-refractivity contribution in [1.29, 1.82) is 0 Å². The molecule has 1 fully saturated rings. The quantitative estimate of drug-likeness (QED) is 0.590. The molecule has 3 heteroatoms. The van der Waals surface area contributed by atoms with Crippen molar-refractivity contribution >= 4 is 0 Å². The van der Waals surface area contributed by atoms with E-state index >= 15 is 0 Å². The minimum atomic E-state index is 0.217. The Labute approximate surface area is 183 Å². The lowest BCUT2D eigenvalue weighted by molar-refractivity contribution is -0.671. The van der Waals surface area contributed by atoms with Crippen LogP contribution in [0.25, 0.3) is 0 Å². The summed E-state index contributed by atoms with van der Waals surface area (Å²) >= 11 is 0. The molecule has 0 bridgehead atoms. The molecule has 1 saturated heterocycles. The van der Waals surface area contributed by atoms with Crippen LogP contribution in [0.1, 0.15) is 63.6 Å². The predicted octanol–water partition coefficient (Wildman–Crippen LogP) is 5.01. The third-order valence-electron chi connectivity index (χ3n) is 6.41. The van der Waals surface area contributed by atoms with Crippen LogP contribution in [0.15, 0.2) is 48.5 Å². The average molecular weight is 411 g/mol. The molecule has 0 unspecified atom stereocenters. The molecule has 1 aliphatic rings. The summed E-state index contributed by atoms with van der Waals surface area (Å²) in [5.41, 5.74) is 4.40. The fourth-order valence-corrected chi connectivity index (χ4v) is 4.54. The maximum atomic E-state index is 6.13. The number of hydrogen-bond donors (Lipinski definition) is 1. The predicted molar refractivity (Wildman–Crippen MR) is 124 cm³/mol. The van der Waals surface area contributed by atoms with Gasteiger partial charge in [0.15, 0.2) is 0 Å². The first-order chi connectivity index (χ1) is 14.4. The Bertz CT molecular complexity index is 766. The Morgan fingerprint density at radius 1 is 1.03 bits per heavy atom. The molecule has 1 aliphatic heterocycles. The lowest BCUT2D eigenvalue weighted by Crippen LogP contribution is -2.83. The maximum Gasteiger partial charge on any atom is 0.119 e. The molecule has 2 atom stereocenters. The number of hydrogen-bond acceptors (Lipinski definition) is 2. The van der Waals surface area contributed by atoms with Crippen LogP contribution in [0.4, 0.5) is 0 Å². The summed E-state index contributed by atoms with van der Waals surface area (Å²) in [5, 5.41) is 2.45. The Kier molecular flexibility index (Phi) is 7.96. The van der Waals surface area contributed by atoms with E-state index in [9.17, 15) is 0 Å². The highest BCUT2D eigenvalue weighted by Crippen LogP contribution is 2.41. The Balaban J connectivity index is 1.62. The van der Waals surface area contributed by atoms with Crippen LogP contribution in [0.2, 0.25) is 0 Å². The molecule has 1 heterocycles. The van der Waals surface area contributed by atoms with Crippen LogP contribution in [0.5, 0.6) is 5.75 Å². The lowest BCUT2D eigenvalue weighted by Gasteiger charge is -2.42. The van der Waals surface area contributed by atoms with E-state index in [-0.39, 0.29) is 11.5 Å². The fraction of sp³-hybridized carbons (Fsp3) is 0.556. The second-order valence-electron chi connectivity index (χ2n) is 9.60. The molecular formula is C27H40NO2+. The van der Waals surface area contributed by atoms with E-state index in [1.54, 1.807) is 0 Å². The van der Waals surface area contributed by atoms with Crippen LogP contribution >= 0.6 is 0 Å². The van der Waals surface area contributed by atoms with E-state index in [1.165, 1.54) is 23.1 Å². The van der Waals surface area contributed by atoms with Crippen molar-refractivity contribution in [2.24, 2.45) is 5.92 Å². The van der Waals surface area contributed by atoms with Crippen molar-refractivity contribution in [3.05, 3.63) is 65.2 Å². The van der Waals surface area contributed by atoms with Gasteiger partial charge >= 0.3 is 0 Å². The van der Waals surface area contributed by atoms with Gasteiger partial charge in [-0.05, 0) is 69.4 Å². The van der Waals surface area contributed by atoms with E-state index in [0.29, 0.717) is 12.0 Å². The molecule has 0 aromatic heterocycles. The van der Waals surface area contributed by atoms with E-state index in [0.717, 1.165) is 38.3 Å². The third-order valence-corrected chi connectivity index (χ3v) is 6.41. The highest BCUT2D eigenvalue weighted by atomic mass is 16.5. The highest BCUT2D eigenvalue weighted by molar-refractivity contribution is 5.30. The molecule has 2 aromatic carbocycles. The topological polar surface area (TPSA) is 35.1 Å². The van der Waals surface area contributed by atoms with Gasteiger partial charge in [-0.2, -0.15) is 0 Å². The number of quaternary nitrogens is 1. The first kappa shape index (κ1) is 22.8. The van der Waals surface area contributed by atoms with Gasteiger partial charge in [0.2, 0.25) is 0 Å². The lowest BCUT2D eigenvalue weighted by atomic mass is 9.68. The number of benzene rings is 2. The second-order valence-corrected chi connectivity index (χ2v) is 9.60. The van der Waals surface area contributed by atoms with Crippen molar-refractivity contribution in [3.63, 3.8) is 0 Å². The Hall–Kier alpha value is -1.84. The van der Waals surface area contributed by atoms with E-state index in [4.69, 9.17) is 9.47 Å². The maximum absolute atomic E-state index is 6.13. The first-order valence-corrected chi connectivity index (χ1v) is 11.6. The standard InChI is InChI=1S/C27H39NO2/c1-20(2)26-18-27(15-17-29-26,24-10-6-22(5)7-11-24)14-16-28-19-23-8-12-25(13-9-23)30-21(3)4/h6-13,20-21,26,28H,14-19H2,1-5H3/p+1/t26-,27-/m1/s1. The van der Waals surface area contributed by atoms with Gasteiger partial charge in [0.1, 0.15) is 12.3 Å². The number of ether oxygens (including phenoxy) is 2. The third kappa shape index (κ3) is 6.09. The summed E-state index contributed by atoms with van der Waals surface area (Å²) in [6.45, 7) is 13.9. The van der Waals surface area contributed by atoms with Gasteiger partial charge in [0.25, 0.3) is 0 Å². The molecule has 2 N–H and O–H groups in total. The van der Waals surface area contributed by atoms with Crippen LogP contribution in [0, 0.1) is 12.8 Å². The zero-order chi connectivity index (χ0) is 21.6. The number of rotatable bonds is 9. The van der Waals surface area contributed by atoms with Gasteiger partial charge in [0.05, 0.1) is 18.8 Å². The van der Waals surface area contributed by atoms with E-state index in [1.807, 2.05) is 0 Å². The van der Waals surface area contributed by atoms with Gasteiger partial charge in [0, 0.05) is 24.0 Å². The average Bonchev–Trinajstić information content (AvgIpc) is 2.72. The molecule has 0 amide bonds. The Morgan fingerprint density at radius 2 is 1.73 bits per heavy atom. The van der Waals surface area contributed by atoms with Crippen molar-refractivity contribution in [2.75, 3.05) is 13.2 Å². The monoisotopic (exact) mass is 410 g/mol. The summed E-state index contributed by atoms with van der Waals surface area (Å²) in [4.78, 5) is 0. The zero-order valence-electron chi connectivity index (χ0n) is 19.5. The van der Waals surface area contributed by atoms with Crippen LogP contribution in [-0.2, 0) is 16.7 Å². The van der Waals surface area contributed by atoms with Gasteiger partial charge in [-0.15, -0.1) is 0 Å². The molecule has 164 valence electrons. The van der Waals surface area contributed by atoms with Crippen LogP contribution in [-0.4, -0.2) is 25.4 Å². The minimum absolute atomic E-state index is 0.217. The molecule has 0 saturated carbocycles. The molecule has 3 rings (SSSR count). The van der Waals surface area contributed by atoms with Gasteiger partial charge < -0.3 is 14.8 Å². The van der Waals surface area contributed by atoms with Gasteiger partial charge in [-0.1, -0.05) is 43.7 Å². The molecule has 0 spiro atoms. The second kappa shape index (κ2) is 10.5. The number of nitrogens with two attached hydrogens (primary N) is 1.